The molecule has 2 aromatic carbocycles. The highest BCUT2D eigenvalue weighted by atomic mass is 16.5. The maximum Gasteiger partial charge on any atom is 0.258 e. The van der Waals surface area contributed by atoms with E-state index in [2.05, 4.69) is 41.4 Å². The molecule has 0 aliphatic carbocycles. The molecule has 1 unspecified atom stereocenters. The number of ether oxygens (including phenoxy) is 2. The van der Waals surface area contributed by atoms with Crippen LogP contribution in [0.15, 0.2) is 48.5 Å². The number of Topliss-reactive ketones (excluding diaryl/α,β-unsaturated/α-hetero) is 1. The molecule has 1 heterocycles. The summed E-state index contributed by atoms with van der Waals surface area (Å²) in [6.07, 6.45) is 1.83. The summed E-state index contributed by atoms with van der Waals surface area (Å²) in [5, 5.41) is 3.07. The zero-order valence-electron chi connectivity index (χ0n) is 17.9. The van der Waals surface area contributed by atoms with Gasteiger partial charge in [0.05, 0.1) is 7.11 Å². The second-order valence-corrected chi connectivity index (χ2v) is 7.67. The van der Waals surface area contributed by atoms with Crippen LogP contribution in [-0.4, -0.2) is 49.4 Å². The van der Waals surface area contributed by atoms with Crippen LogP contribution in [0.3, 0.4) is 0 Å². The minimum atomic E-state index is -0.151. The van der Waals surface area contributed by atoms with Gasteiger partial charge in [0.25, 0.3) is 5.91 Å². The third kappa shape index (κ3) is 5.60. The minimum absolute atomic E-state index is 0.0504. The highest BCUT2D eigenvalue weighted by molar-refractivity contribution is 5.94. The molecule has 0 spiro atoms. The van der Waals surface area contributed by atoms with Gasteiger partial charge in [-0.15, -0.1) is 0 Å². The molecule has 1 aliphatic rings. The van der Waals surface area contributed by atoms with E-state index in [0.29, 0.717) is 23.1 Å². The van der Waals surface area contributed by atoms with Crippen molar-refractivity contribution in [1.82, 2.24) is 10.2 Å². The third-order valence-electron chi connectivity index (χ3n) is 5.65. The van der Waals surface area contributed by atoms with Crippen LogP contribution in [0.4, 0.5) is 0 Å². The zero-order valence-corrected chi connectivity index (χ0v) is 17.9. The lowest BCUT2D eigenvalue weighted by Crippen LogP contribution is -2.46. The summed E-state index contributed by atoms with van der Waals surface area (Å²) in [5.41, 5.74) is 1.86. The van der Waals surface area contributed by atoms with Crippen LogP contribution in [0.1, 0.15) is 48.7 Å². The Bertz CT molecular complexity index is 861. The van der Waals surface area contributed by atoms with Crippen LogP contribution >= 0.6 is 0 Å². The molecule has 0 bridgehead atoms. The fraction of sp³-hybridized carbons (Fsp3) is 0.417. The Morgan fingerprint density at radius 1 is 1.10 bits per heavy atom. The first kappa shape index (κ1) is 21.8. The van der Waals surface area contributed by atoms with Crippen molar-refractivity contribution in [2.24, 2.45) is 0 Å². The van der Waals surface area contributed by atoms with Gasteiger partial charge >= 0.3 is 0 Å². The van der Waals surface area contributed by atoms with Gasteiger partial charge in [-0.1, -0.05) is 30.3 Å². The van der Waals surface area contributed by atoms with Crippen LogP contribution in [-0.2, 0) is 4.79 Å². The largest absolute Gasteiger partial charge is 0.493 e. The maximum atomic E-state index is 12.4. The lowest BCUT2D eigenvalue weighted by atomic mass is 10.00. The van der Waals surface area contributed by atoms with Crippen molar-refractivity contribution in [3.63, 3.8) is 0 Å². The molecule has 1 fully saturated rings. The molecular formula is C24H30N2O4. The molecule has 3 rings (SSSR count). The molecule has 1 amide bonds. The van der Waals surface area contributed by atoms with Crippen molar-refractivity contribution in [1.29, 1.82) is 0 Å². The van der Waals surface area contributed by atoms with Gasteiger partial charge in [-0.2, -0.15) is 0 Å². The summed E-state index contributed by atoms with van der Waals surface area (Å²) in [6.45, 7) is 5.53. The number of rotatable bonds is 8. The van der Waals surface area contributed by atoms with E-state index in [1.54, 1.807) is 18.2 Å². The van der Waals surface area contributed by atoms with E-state index in [1.807, 2.05) is 6.07 Å². The summed E-state index contributed by atoms with van der Waals surface area (Å²) in [6, 6.07) is 16.0. The molecular weight excluding hydrogens is 380 g/mol. The first-order valence-corrected chi connectivity index (χ1v) is 10.4. The van der Waals surface area contributed by atoms with E-state index < -0.39 is 0 Å². The van der Waals surface area contributed by atoms with Gasteiger partial charge < -0.3 is 14.8 Å². The lowest BCUT2D eigenvalue weighted by molar-refractivity contribution is -0.124. The summed E-state index contributed by atoms with van der Waals surface area (Å²) < 4.78 is 10.9. The normalized spacial score (nSPS) is 16.0. The molecule has 0 saturated carbocycles. The molecule has 1 N–H and O–H groups in total. The first-order valence-electron chi connectivity index (χ1n) is 10.4. The summed E-state index contributed by atoms with van der Waals surface area (Å²) in [4.78, 5) is 26.3. The Morgan fingerprint density at radius 3 is 2.43 bits per heavy atom. The van der Waals surface area contributed by atoms with Crippen molar-refractivity contribution in [3.05, 3.63) is 59.7 Å². The molecule has 30 heavy (non-hydrogen) atoms. The number of methoxy groups -OCH3 is 1. The molecule has 0 radical (unpaired) electrons. The van der Waals surface area contributed by atoms with Crippen LogP contribution in [0.25, 0.3) is 0 Å². The smallest absolute Gasteiger partial charge is 0.258 e. The Labute approximate surface area is 178 Å². The van der Waals surface area contributed by atoms with Crippen molar-refractivity contribution in [2.75, 3.05) is 26.8 Å². The molecule has 1 saturated heterocycles. The second-order valence-electron chi connectivity index (χ2n) is 7.67. The van der Waals surface area contributed by atoms with Crippen LogP contribution < -0.4 is 14.8 Å². The minimum Gasteiger partial charge on any atom is -0.493 e. The van der Waals surface area contributed by atoms with E-state index in [4.69, 9.17) is 9.47 Å². The lowest BCUT2D eigenvalue weighted by Gasteiger charge is -2.36. The molecule has 6 nitrogen and oxygen atoms in total. The number of likely N-dealkylation sites (tertiary alicyclic amines) is 1. The van der Waals surface area contributed by atoms with Gasteiger partial charge in [-0.3, -0.25) is 14.5 Å². The van der Waals surface area contributed by atoms with Crippen LogP contribution in [0.5, 0.6) is 11.5 Å². The van der Waals surface area contributed by atoms with Crippen LogP contribution in [0, 0.1) is 0 Å². The number of nitrogens with zero attached hydrogens (tertiary/aromatic N) is 1. The van der Waals surface area contributed by atoms with Crippen molar-refractivity contribution >= 4 is 11.7 Å². The van der Waals surface area contributed by atoms with Crippen LogP contribution in [0.2, 0.25) is 0 Å². The van der Waals surface area contributed by atoms with Gasteiger partial charge in [-0.25, -0.2) is 0 Å². The Hall–Kier alpha value is -2.86. The number of hydrogen-bond donors (Lipinski definition) is 1. The highest BCUT2D eigenvalue weighted by Gasteiger charge is 2.24. The Kier molecular flexibility index (Phi) is 7.46. The molecule has 1 aliphatic heterocycles. The number of carbonyl (C=O) groups is 2. The molecule has 1 atom stereocenters. The average molecular weight is 411 g/mol. The number of amides is 1. The standard InChI is InChI=1S/C24H30N2O4/c1-17(19-7-5-4-6-8-19)26-13-11-21(12-14-26)25-24(28)16-30-22-10-9-20(18(2)27)15-23(22)29-3/h4-10,15,17,21H,11-14,16H2,1-3H3,(H,25,28). The number of nitrogens with one attached hydrogen (secondary N) is 1. The zero-order chi connectivity index (χ0) is 21.5. The maximum absolute atomic E-state index is 12.4. The predicted octanol–water partition coefficient (Wildman–Crippen LogP) is 3.62. The van der Waals surface area contributed by atoms with E-state index in [-0.39, 0.29) is 24.3 Å². The van der Waals surface area contributed by atoms with Crippen molar-refractivity contribution in [2.45, 2.75) is 38.8 Å². The molecule has 0 aromatic heterocycles. The van der Waals surface area contributed by atoms with Gasteiger partial charge in [0.1, 0.15) is 0 Å². The van der Waals surface area contributed by atoms with E-state index in [0.717, 1.165) is 25.9 Å². The van der Waals surface area contributed by atoms with Crippen molar-refractivity contribution < 1.29 is 19.1 Å². The monoisotopic (exact) mass is 410 g/mol. The predicted molar refractivity (Wildman–Crippen MR) is 116 cm³/mol. The summed E-state index contributed by atoms with van der Waals surface area (Å²) >= 11 is 0. The fourth-order valence-corrected chi connectivity index (χ4v) is 3.79. The number of hydrogen-bond acceptors (Lipinski definition) is 5. The molecule has 160 valence electrons. The average Bonchev–Trinajstić information content (AvgIpc) is 2.78. The topological polar surface area (TPSA) is 67.9 Å². The summed E-state index contributed by atoms with van der Waals surface area (Å²) in [5.74, 6) is 0.690. The fourth-order valence-electron chi connectivity index (χ4n) is 3.79. The Morgan fingerprint density at radius 2 is 1.80 bits per heavy atom. The van der Waals surface area contributed by atoms with Gasteiger partial charge in [0, 0.05) is 30.7 Å². The molecule has 2 aromatic rings. The van der Waals surface area contributed by atoms with Crippen molar-refractivity contribution in [3.8, 4) is 11.5 Å². The SMILES string of the molecule is COc1cc(C(C)=O)ccc1OCC(=O)NC1CCN(C(C)c2ccccc2)CC1. The second kappa shape index (κ2) is 10.3. The van der Waals surface area contributed by atoms with E-state index >= 15 is 0 Å². The molecule has 6 heteroatoms. The number of ketones is 1. The van der Waals surface area contributed by atoms with Gasteiger partial charge in [0.15, 0.2) is 23.9 Å². The summed E-state index contributed by atoms with van der Waals surface area (Å²) in [7, 11) is 1.51. The van der Waals surface area contributed by atoms with Gasteiger partial charge in [-0.05, 0) is 50.5 Å². The van der Waals surface area contributed by atoms with Gasteiger partial charge in [0.2, 0.25) is 0 Å². The number of benzene rings is 2. The highest BCUT2D eigenvalue weighted by Crippen LogP contribution is 2.28. The van der Waals surface area contributed by atoms with E-state index in [1.165, 1.54) is 19.6 Å². The number of carbonyl (C=O) groups excluding carboxylic acids is 2. The van der Waals surface area contributed by atoms with E-state index in [9.17, 15) is 9.59 Å². The first-order chi connectivity index (χ1) is 14.5. The Balaban J connectivity index is 1.46. The number of piperidine rings is 1. The quantitative estimate of drug-likeness (QED) is 0.674. The third-order valence-corrected chi connectivity index (χ3v) is 5.65.